The molecule has 122 valence electrons. The molecule has 1 amide bonds. The first-order valence-electron chi connectivity index (χ1n) is 7.69. The van der Waals surface area contributed by atoms with Crippen LogP contribution in [0.4, 0.5) is 5.69 Å². The van der Waals surface area contributed by atoms with Crippen LogP contribution in [0.25, 0.3) is 5.65 Å². The Kier molecular flexibility index (Phi) is 3.42. The molecule has 0 spiro atoms. The molecule has 0 saturated carbocycles. The number of carbonyl (C=O) groups is 1. The van der Waals surface area contributed by atoms with Gasteiger partial charge in [-0.05, 0) is 30.5 Å². The molecule has 1 aliphatic heterocycles. The summed E-state index contributed by atoms with van der Waals surface area (Å²) < 4.78 is 1.53. The number of carbonyl (C=O) groups excluding carboxylic acids is 1. The standard InChI is InChI=1S/C17H16ClN5O/c1-11-3-4-12-5-6-23(21(2)15(12)7-11)17(24)14-8-16-19-9-13(18)10-22(16)20-14/h3-4,7-10H,5-6H2,1-2H3. The number of halogens is 1. The number of amides is 1. The van der Waals surface area contributed by atoms with Crippen molar-refractivity contribution in [2.45, 2.75) is 13.3 Å². The minimum absolute atomic E-state index is 0.147. The van der Waals surface area contributed by atoms with Crippen molar-refractivity contribution in [3.63, 3.8) is 0 Å². The van der Waals surface area contributed by atoms with Crippen LogP contribution in [0.15, 0.2) is 36.7 Å². The molecule has 1 aliphatic rings. The summed E-state index contributed by atoms with van der Waals surface area (Å²) in [4.78, 5) is 17.1. The Labute approximate surface area is 144 Å². The number of rotatable bonds is 1. The van der Waals surface area contributed by atoms with Crippen molar-refractivity contribution in [3.05, 3.63) is 58.5 Å². The average molecular weight is 342 g/mol. The van der Waals surface area contributed by atoms with Crippen molar-refractivity contribution in [3.8, 4) is 0 Å². The maximum Gasteiger partial charge on any atom is 0.292 e. The molecule has 0 saturated heterocycles. The summed E-state index contributed by atoms with van der Waals surface area (Å²) in [6.07, 6.45) is 4.00. The average Bonchev–Trinajstić information content (AvgIpc) is 2.98. The van der Waals surface area contributed by atoms with E-state index >= 15 is 0 Å². The van der Waals surface area contributed by atoms with Crippen LogP contribution < -0.4 is 5.01 Å². The van der Waals surface area contributed by atoms with E-state index in [0.29, 0.717) is 22.9 Å². The monoisotopic (exact) mass is 341 g/mol. The van der Waals surface area contributed by atoms with Gasteiger partial charge in [-0.1, -0.05) is 23.7 Å². The molecule has 0 fully saturated rings. The number of nitrogens with zero attached hydrogens (tertiary/aromatic N) is 5. The summed E-state index contributed by atoms with van der Waals surface area (Å²) in [6.45, 7) is 2.67. The van der Waals surface area contributed by atoms with E-state index in [1.54, 1.807) is 23.5 Å². The second kappa shape index (κ2) is 5.49. The van der Waals surface area contributed by atoms with Crippen molar-refractivity contribution < 1.29 is 4.79 Å². The summed E-state index contributed by atoms with van der Waals surface area (Å²) >= 11 is 5.92. The first-order chi connectivity index (χ1) is 11.5. The van der Waals surface area contributed by atoms with E-state index in [1.165, 1.54) is 15.6 Å². The summed E-state index contributed by atoms with van der Waals surface area (Å²) in [5.41, 5.74) is 4.42. The lowest BCUT2D eigenvalue weighted by Crippen LogP contribution is -2.48. The van der Waals surface area contributed by atoms with Gasteiger partial charge in [0.05, 0.1) is 16.9 Å². The molecule has 0 bridgehead atoms. The summed E-state index contributed by atoms with van der Waals surface area (Å²) in [7, 11) is 1.90. The molecule has 1 aromatic carbocycles. The quantitative estimate of drug-likeness (QED) is 0.683. The van der Waals surface area contributed by atoms with Gasteiger partial charge < -0.3 is 0 Å². The highest BCUT2D eigenvalue weighted by molar-refractivity contribution is 6.30. The number of hydrogen-bond donors (Lipinski definition) is 0. The molecule has 6 nitrogen and oxygen atoms in total. The van der Waals surface area contributed by atoms with Crippen LogP contribution in [-0.2, 0) is 6.42 Å². The number of aryl methyl sites for hydroxylation is 1. The summed E-state index contributed by atoms with van der Waals surface area (Å²) in [6, 6.07) is 8.00. The maximum atomic E-state index is 12.9. The molecule has 3 heterocycles. The van der Waals surface area contributed by atoms with Crippen molar-refractivity contribution in [1.82, 2.24) is 19.6 Å². The minimum atomic E-state index is -0.147. The third kappa shape index (κ3) is 2.39. The smallest absolute Gasteiger partial charge is 0.285 e. The van der Waals surface area contributed by atoms with Crippen molar-refractivity contribution in [2.24, 2.45) is 0 Å². The zero-order valence-corrected chi connectivity index (χ0v) is 14.2. The summed E-state index contributed by atoms with van der Waals surface area (Å²) in [5, 5.41) is 8.40. The van der Waals surface area contributed by atoms with Crippen molar-refractivity contribution >= 4 is 28.8 Å². The molecule has 0 aliphatic carbocycles. The van der Waals surface area contributed by atoms with Crippen LogP contribution in [0.3, 0.4) is 0 Å². The largest absolute Gasteiger partial charge is 0.292 e. The van der Waals surface area contributed by atoms with Gasteiger partial charge in [0.25, 0.3) is 5.91 Å². The Bertz CT molecular complexity index is 951. The number of hydrazine groups is 1. The first kappa shape index (κ1) is 15.0. The lowest BCUT2D eigenvalue weighted by molar-refractivity contribution is 0.0732. The van der Waals surface area contributed by atoms with Gasteiger partial charge in [-0.25, -0.2) is 14.5 Å². The molecule has 0 N–H and O–H groups in total. The Hall–Kier alpha value is -2.60. The third-order valence-electron chi connectivity index (χ3n) is 4.28. The van der Waals surface area contributed by atoms with Gasteiger partial charge in [0.1, 0.15) is 0 Å². The molecule has 0 atom stereocenters. The molecule has 24 heavy (non-hydrogen) atoms. The topological polar surface area (TPSA) is 53.7 Å². The van der Waals surface area contributed by atoms with Crippen LogP contribution in [0, 0.1) is 6.92 Å². The van der Waals surface area contributed by atoms with Crippen LogP contribution in [0.1, 0.15) is 21.6 Å². The SMILES string of the molecule is Cc1ccc2c(c1)N(C)N(C(=O)c1cc3ncc(Cl)cn3n1)CC2. The molecule has 0 radical (unpaired) electrons. The Morgan fingerprint density at radius 2 is 2.12 bits per heavy atom. The van der Waals surface area contributed by atoms with Crippen LogP contribution in [0.2, 0.25) is 5.02 Å². The normalized spacial score (nSPS) is 14.1. The number of benzene rings is 1. The number of anilines is 1. The second-order valence-electron chi connectivity index (χ2n) is 5.94. The molecule has 0 unspecified atom stereocenters. The fraction of sp³-hybridized carbons (Fsp3) is 0.235. The van der Waals surface area contributed by atoms with E-state index in [9.17, 15) is 4.79 Å². The zero-order valence-electron chi connectivity index (χ0n) is 13.4. The van der Waals surface area contributed by atoms with E-state index < -0.39 is 0 Å². The number of hydrogen-bond acceptors (Lipinski definition) is 4. The molecule has 4 rings (SSSR count). The van der Waals surface area contributed by atoms with E-state index in [1.807, 2.05) is 19.0 Å². The van der Waals surface area contributed by atoms with Crippen LogP contribution in [-0.4, -0.2) is 39.1 Å². The van der Waals surface area contributed by atoms with E-state index in [0.717, 1.165) is 12.1 Å². The highest BCUT2D eigenvalue weighted by Gasteiger charge is 2.28. The fourth-order valence-electron chi connectivity index (χ4n) is 3.02. The predicted octanol–water partition coefficient (Wildman–Crippen LogP) is 2.74. The zero-order chi connectivity index (χ0) is 16.8. The van der Waals surface area contributed by atoms with Crippen LogP contribution in [0.5, 0.6) is 0 Å². The van der Waals surface area contributed by atoms with E-state index in [-0.39, 0.29) is 5.91 Å². The molecular weight excluding hydrogens is 326 g/mol. The summed E-state index contributed by atoms with van der Waals surface area (Å²) in [5.74, 6) is -0.147. The highest BCUT2D eigenvalue weighted by Crippen LogP contribution is 2.28. The van der Waals surface area contributed by atoms with Gasteiger partial charge in [0, 0.05) is 25.9 Å². The van der Waals surface area contributed by atoms with Gasteiger partial charge in [0.2, 0.25) is 0 Å². The number of fused-ring (bicyclic) bond motifs is 2. The Balaban J connectivity index is 1.68. The first-order valence-corrected chi connectivity index (χ1v) is 8.07. The Morgan fingerprint density at radius 1 is 1.29 bits per heavy atom. The molecule has 3 aromatic rings. The lowest BCUT2D eigenvalue weighted by atomic mass is 10.0. The van der Waals surface area contributed by atoms with Gasteiger partial charge in [0.15, 0.2) is 11.3 Å². The number of aromatic nitrogens is 3. The molecule has 2 aromatic heterocycles. The highest BCUT2D eigenvalue weighted by atomic mass is 35.5. The predicted molar refractivity (Wildman–Crippen MR) is 92.3 cm³/mol. The lowest BCUT2D eigenvalue weighted by Gasteiger charge is -2.38. The molecular formula is C17H16ClN5O. The maximum absolute atomic E-state index is 12.9. The van der Waals surface area contributed by atoms with Crippen molar-refractivity contribution in [1.29, 1.82) is 0 Å². The van der Waals surface area contributed by atoms with Crippen molar-refractivity contribution in [2.75, 3.05) is 18.6 Å². The third-order valence-corrected chi connectivity index (χ3v) is 4.48. The van der Waals surface area contributed by atoms with Gasteiger partial charge in [-0.2, -0.15) is 5.10 Å². The van der Waals surface area contributed by atoms with Gasteiger partial charge in [-0.3, -0.25) is 9.80 Å². The van der Waals surface area contributed by atoms with Gasteiger partial charge >= 0.3 is 0 Å². The molecule has 7 heteroatoms. The van der Waals surface area contributed by atoms with E-state index in [2.05, 4.69) is 28.3 Å². The Morgan fingerprint density at radius 3 is 2.96 bits per heavy atom. The second-order valence-corrected chi connectivity index (χ2v) is 6.38. The minimum Gasteiger partial charge on any atom is -0.285 e. The van der Waals surface area contributed by atoms with E-state index in [4.69, 9.17) is 11.6 Å². The van der Waals surface area contributed by atoms with Gasteiger partial charge in [-0.15, -0.1) is 0 Å². The fourth-order valence-corrected chi connectivity index (χ4v) is 3.16. The van der Waals surface area contributed by atoms with Crippen LogP contribution >= 0.6 is 11.6 Å².